The predicted molar refractivity (Wildman–Crippen MR) is 103 cm³/mol. The van der Waals surface area contributed by atoms with Gasteiger partial charge in [-0.2, -0.15) is 0 Å². The van der Waals surface area contributed by atoms with E-state index in [2.05, 4.69) is 5.32 Å². The molecule has 1 aliphatic heterocycles. The minimum absolute atomic E-state index is 0.125. The van der Waals surface area contributed by atoms with E-state index < -0.39 is 37.0 Å². The van der Waals surface area contributed by atoms with Crippen molar-refractivity contribution in [2.75, 3.05) is 0 Å². The van der Waals surface area contributed by atoms with Crippen LogP contribution in [-0.2, 0) is 27.4 Å². The maximum Gasteiger partial charge on any atom is 0.492 e. The van der Waals surface area contributed by atoms with E-state index in [1.54, 1.807) is 19.1 Å². The zero-order chi connectivity index (χ0) is 21.1. The predicted octanol–water partition coefficient (Wildman–Crippen LogP) is 0.574. The van der Waals surface area contributed by atoms with Crippen LogP contribution in [0, 0.1) is 12.7 Å². The molecule has 3 N–H and O–H groups in total. The highest BCUT2D eigenvalue weighted by atomic mass is 19.1. The molecule has 0 aliphatic carbocycles. The zero-order valence-electron chi connectivity index (χ0n) is 16.0. The van der Waals surface area contributed by atoms with Crippen LogP contribution in [0.25, 0.3) is 0 Å². The molecule has 1 aliphatic rings. The van der Waals surface area contributed by atoms with E-state index in [0.29, 0.717) is 16.6 Å². The summed E-state index contributed by atoms with van der Waals surface area (Å²) in [6.45, 7) is 3.16. The Morgan fingerprint density at radius 1 is 1.28 bits per heavy atom. The minimum atomic E-state index is -1.29. The van der Waals surface area contributed by atoms with Gasteiger partial charge in [0.25, 0.3) is 5.91 Å². The van der Waals surface area contributed by atoms with Crippen molar-refractivity contribution >= 4 is 24.5 Å². The highest BCUT2D eigenvalue weighted by molar-refractivity contribution is 6.62. The van der Waals surface area contributed by atoms with Crippen molar-refractivity contribution in [1.82, 2.24) is 5.32 Å². The Hall–Kier alpha value is -2.75. The van der Waals surface area contributed by atoms with E-state index in [-0.39, 0.29) is 18.8 Å². The number of aliphatic hydroxyl groups is 1. The van der Waals surface area contributed by atoms with Crippen molar-refractivity contribution in [1.29, 1.82) is 0 Å². The Morgan fingerprint density at radius 2 is 1.97 bits per heavy atom. The topological polar surface area (TPSA) is 105 Å². The first-order valence-electron chi connectivity index (χ1n) is 9.10. The molecule has 0 saturated carbocycles. The first kappa shape index (κ1) is 21.0. The number of halogens is 1. The summed E-state index contributed by atoms with van der Waals surface area (Å²) in [6.07, 6.45) is -1.21. The molecule has 2 atom stereocenters. The van der Waals surface area contributed by atoms with Crippen molar-refractivity contribution in [3.05, 3.63) is 64.5 Å². The molecule has 2 aromatic rings. The third-order valence-corrected chi connectivity index (χ3v) is 4.81. The average molecular weight is 401 g/mol. The van der Waals surface area contributed by atoms with Gasteiger partial charge >= 0.3 is 13.1 Å². The largest absolute Gasteiger partial charge is 0.492 e. The van der Waals surface area contributed by atoms with Gasteiger partial charge in [-0.25, -0.2) is 9.18 Å². The highest BCUT2D eigenvalue weighted by Gasteiger charge is 2.33. The van der Waals surface area contributed by atoms with Crippen LogP contribution in [0.1, 0.15) is 34.0 Å². The lowest BCUT2D eigenvalue weighted by Gasteiger charge is -2.21. The van der Waals surface area contributed by atoms with E-state index >= 15 is 0 Å². The summed E-state index contributed by atoms with van der Waals surface area (Å²) in [7, 11) is -1.11. The van der Waals surface area contributed by atoms with Gasteiger partial charge in [-0.1, -0.05) is 18.2 Å². The molecule has 0 saturated heterocycles. The molecule has 0 bridgehead atoms. The van der Waals surface area contributed by atoms with Gasteiger partial charge in [0.15, 0.2) is 6.04 Å². The number of benzene rings is 2. The van der Waals surface area contributed by atoms with Crippen molar-refractivity contribution in [3.63, 3.8) is 0 Å². The fourth-order valence-electron chi connectivity index (χ4n) is 3.17. The molecule has 2 aromatic carbocycles. The third-order valence-electron chi connectivity index (χ3n) is 4.81. The summed E-state index contributed by atoms with van der Waals surface area (Å²) in [4.78, 5) is 25.1. The van der Waals surface area contributed by atoms with Crippen LogP contribution < -0.4 is 10.8 Å². The van der Waals surface area contributed by atoms with Gasteiger partial charge in [0.05, 0.1) is 12.7 Å². The number of nitrogens with one attached hydrogen (secondary N) is 1. The maximum atomic E-state index is 13.0. The Kier molecular flexibility index (Phi) is 6.31. The van der Waals surface area contributed by atoms with E-state index in [1.807, 2.05) is 0 Å². The lowest BCUT2D eigenvalue weighted by atomic mass is 9.75. The van der Waals surface area contributed by atoms with Crippen LogP contribution in [0.15, 0.2) is 36.4 Å². The number of rotatable bonds is 6. The quantitative estimate of drug-likeness (QED) is 0.483. The SMILES string of the molecule is Cc1c(C(=O)N[C@H](C(=O)OCc2ccc(F)cc2)[C@H](C)O)ccc2c1B(O)OC2. The molecule has 1 heterocycles. The van der Waals surface area contributed by atoms with Crippen LogP contribution in [0.2, 0.25) is 0 Å². The number of hydrogen-bond donors (Lipinski definition) is 3. The first-order valence-corrected chi connectivity index (χ1v) is 9.10. The van der Waals surface area contributed by atoms with Gasteiger partial charge in [0, 0.05) is 5.56 Å². The Balaban J connectivity index is 1.70. The number of carbonyl (C=O) groups excluding carboxylic acids is 2. The molecule has 3 rings (SSSR count). The van der Waals surface area contributed by atoms with Crippen molar-refractivity contribution < 1.29 is 33.5 Å². The van der Waals surface area contributed by atoms with E-state index in [4.69, 9.17) is 9.39 Å². The molecule has 0 spiro atoms. The number of fused-ring (bicyclic) bond motifs is 1. The standard InChI is InChI=1S/C20H21BFNO6/c1-11-16(8-5-14-10-29-21(27)17(11)14)19(25)23-18(12(2)24)20(26)28-9-13-3-6-15(22)7-4-13/h3-8,12,18,24,27H,9-10H2,1-2H3,(H,23,25)/t12-,18-/m0/s1. The minimum Gasteiger partial charge on any atom is -0.459 e. The summed E-state index contributed by atoms with van der Waals surface area (Å²) in [5.74, 6) is -1.82. The third kappa shape index (κ3) is 4.64. The Morgan fingerprint density at radius 3 is 2.62 bits per heavy atom. The molecule has 7 nitrogen and oxygen atoms in total. The van der Waals surface area contributed by atoms with Gasteiger partial charge < -0.3 is 24.8 Å². The smallest absolute Gasteiger partial charge is 0.459 e. The number of ether oxygens (including phenoxy) is 1. The second kappa shape index (κ2) is 8.73. The number of amides is 1. The van der Waals surface area contributed by atoms with Gasteiger partial charge in [-0.05, 0) is 54.2 Å². The molecule has 29 heavy (non-hydrogen) atoms. The summed E-state index contributed by atoms with van der Waals surface area (Å²) in [5.41, 5.74) is 2.68. The Bertz CT molecular complexity index is 918. The Labute approximate surface area is 167 Å². The fourth-order valence-corrected chi connectivity index (χ4v) is 3.17. The summed E-state index contributed by atoms with van der Waals surface area (Å²) in [5, 5.41) is 22.4. The maximum absolute atomic E-state index is 13.0. The summed E-state index contributed by atoms with van der Waals surface area (Å²) in [6, 6.07) is 7.39. The molecule has 0 fully saturated rings. The molecule has 1 amide bonds. The van der Waals surface area contributed by atoms with Crippen molar-refractivity contribution in [2.24, 2.45) is 0 Å². The molecule has 0 radical (unpaired) electrons. The normalized spacial score (nSPS) is 14.9. The van der Waals surface area contributed by atoms with Crippen LogP contribution >= 0.6 is 0 Å². The summed E-state index contributed by atoms with van der Waals surface area (Å²) < 4.78 is 23.3. The molecule has 152 valence electrons. The number of hydrogen-bond acceptors (Lipinski definition) is 6. The van der Waals surface area contributed by atoms with Crippen LogP contribution in [0.4, 0.5) is 4.39 Å². The fraction of sp³-hybridized carbons (Fsp3) is 0.300. The molecular weight excluding hydrogens is 380 g/mol. The highest BCUT2D eigenvalue weighted by Crippen LogP contribution is 2.17. The number of aliphatic hydroxyl groups excluding tert-OH is 1. The van der Waals surface area contributed by atoms with E-state index in [0.717, 1.165) is 5.56 Å². The van der Waals surface area contributed by atoms with Crippen LogP contribution in [-0.4, -0.2) is 41.3 Å². The van der Waals surface area contributed by atoms with E-state index in [1.165, 1.54) is 31.2 Å². The van der Waals surface area contributed by atoms with Crippen LogP contribution in [0.5, 0.6) is 0 Å². The number of carbonyl (C=O) groups is 2. The lowest BCUT2D eigenvalue weighted by Crippen LogP contribution is -2.49. The zero-order valence-corrected chi connectivity index (χ0v) is 16.0. The molecule has 0 aromatic heterocycles. The second-order valence-electron chi connectivity index (χ2n) is 6.90. The lowest BCUT2D eigenvalue weighted by molar-refractivity contribution is -0.150. The molecule has 9 heteroatoms. The average Bonchev–Trinajstić information content (AvgIpc) is 3.07. The second-order valence-corrected chi connectivity index (χ2v) is 6.90. The summed E-state index contributed by atoms with van der Waals surface area (Å²) >= 11 is 0. The number of esters is 1. The monoisotopic (exact) mass is 401 g/mol. The van der Waals surface area contributed by atoms with Crippen molar-refractivity contribution in [3.8, 4) is 0 Å². The van der Waals surface area contributed by atoms with Gasteiger partial charge in [-0.15, -0.1) is 0 Å². The molecule has 0 unspecified atom stereocenters. The van der Waals surface area contributed by atoms with E-state index in [9.17, 15) is 24.1 Å². The van der Waals surface area contributed by atoms with Crippen LogP contribution in [0.3, 0.4) is 0 Å². The first-order chi connectivity index (χ1) is 13.8. The molecular formula is C20H21BFNO6. The van der Waals surface area contributed by atoms with Gasteiger partial charge in [0.1, 0.15) is 12.4 Å². The van der Waals surface area contributed by atoms with Crippen molar-refractivity contribution in [2.45, 2.75) is 39.2 Å². The van der Waals surface area contributed by atoms with Gasteiger partial charge in [-0.3, -0.25) is 4.79 Å². The van der Waals surface area contributed by atoms with Gasteiger partial charge in [0.2, 0.25) is 0 Å².